The van der Waals surface area contributed by atoms with Crippen LogP contribution in [0, 0.1) is 11.3 Å². The summed E-state index contributed by atoms with van der Waals surface area (Å²) in [5.41, 5.74) is 1.04. The van der Waals surface area contributed by atoms with Gasteiger partial charge in [-0.2, -0.15) is 0 Å². The van der Waals surface area contributed by atoms with Crippen molar-refractivity contribution in [3.8, 4) is 22.1 Å². The normalized spacial score (nSPS) is 13.6. The largest absolute Gasteiger partial charge is 0.454 e. The first-order valence-corrected chi connectivity index (χ1v) is 12.8. The molecule has 3 rings (SSSR count). The summed E-state index contributed by atoms with van der Waals surface area (Å²) in [4.78, 5) is 27.3. The molecule has 0 saturated heterocycles. The van der Waals surface area contributed by atoms with Gasteiger partial charge in [0.15, 0.2) is 11.5 Å². The zero-order valence-electron chi connectivity index (χ0n) is 20.8. The molecule has 1 aliphatic heterocycles. The maximum Gasteiger partial charge on any atom is 0.231 e. The lowest BCUT2D eigenvalue weighted by molar-refractivity contribution is -0.132. The molecule has 0 spiro atoms. The summed E-state index contributed by atoms with van der Waals surface area (Å²) in [5, 5.41) is 12.2. The number of nitrogens with zero attached hydrogens (tertiary/aromatic N) is 3. The molecule has 34 heavy (non-hydrogen) atoms. The van der Waals surface area contributed by atoms with Gasteiger partial charge in [-0.25, -0.2) is 0 Å². The van der Waals surface area contributed by atoms with E-state index in [4.69, 9.17) is 9.47 Å². The number of amides is 2. The van der Waals surface area contributed by atoms with Crippen LogP contribution in [0.5, 0.6) is 11.5 Å². The van der Waals surface area contributed by atoms with Gasteiger partial charge in [0.05, 0.1) is 0 Å². The molecule has 9 heteroatoms. The number of aromatic nitrogens is 2. The first kappa shape index (κ1) is 25.9. The number of hydrogen-bond donors (Lipinski definition) is 1. The lowest BCUT2D eigenvalue weighted by Gasteiger charge is -2.27. The van der Waals surface area contributed by atoms with Crippen LogP contribution in [0.25, 0.3) is 10.6 Å². The molecule has 2 aromatic rings. The number of hydrogen-bond acceptors (Lipinski definition) is 7. The highest BCUT2D eigenvalue weighted by Crippen LogP contribution is 2.37. The van der Waals surface area contributed by atoms with Crippen LogP contribution in [0.2, 0.25) is 0 Å². The fourth-order valence-electron chi connectivity index (χ4n) is 4.09. The molecule has 1 aromatic heterocycles. The average Bonchev–Trinajstić information content (AvgIpc) is 3.41. The minimum Gasteiger partial charge on any atom is -0.454 e. The third-order valence-corrected chi connectivity index (χ3v) is 6.41. The van der Waals surface area contributed by atoms with Crippen molar-refractivity contribution in [3.63, 3.8) is 0 Å². The Bertz CT molecular complexity index is 986. The van der Waals surface area contributed by atoms with Gasteiger partial charge in [0.1, 0.15) is 5.01 Å². The number of rotatable bonds is 11. The maximum atomic E-state index is 12.9. The van der Waals surface area contributed by atoms with Gasteiger partial charge in [-0.15, -0.1) is 10.2 Å². The lowest BCUT2D eigenvalue weighted by atomic mass is 9.84. The van der Waals surface area contributed by atoms with Crippen molar-refractivity contribution in [3.05, 3.63) is 18.2 Å². The monoisotopic (exact) mass is 488 g/mol. The van der Waals surface area contributed by atoms with Gasteiger partial charge in [-0.1, -0.05) is 52.4 Å². The van der Waals surface area contributed by atoms with Crippen LogP contribution in [0.1, 0.15) is 66.7 Å². The molecule has 0 saturated carbocycles. The fraction of sp³-hybridized carbons (Fsp3) is 0.600. The van der Waals surface area contributed by atoms with E-state index >= 15 is 0 Å². The molecule has 186 valence electrons. The van der Waals surface area contributed by atoms with Crippen molar-refractivity contribution in [1.29, 1.82) is 0 Å². The summed E-state index contributed by atoms with van der Waals surface area (Å²) >= 11 is 1.30. The van der Waals surface area contributed by atoms with Crippen molar-refractivity contribution < 1.29 is 19.1 Å². The van der Waals surface area contributed by atoms with Crippen molar-refractivity contribution in [1.82, 2.24) is 15.1 Å². The second-order valence-electron chi connectivity index (χ2n) is 10.1. The molecule has 0 aliphatic carbocycles. The molecule has 0 fully saturated rings. The first-order chi connectivity index (χ1) is 16.1. The van der Waals surface area contributed by atoms with Crippen LogP contribution in [0.4, 0.5) is 5.13 Å². The van der Waals surface area contributed by atoms with Crippen molar-refractivity contribution in [2.45, 2.75) is 66.7 Å². The van der Waals surface area contributed by atoms with Gasteiger partial charge in [-0.3, -0.25) is 9.59 Å². The van der Waals surface area contributed by atoms with E-state index in [0.717, 1.165) is 24.8 Å². The van der Waals surface area contributed by atoms with E-state index in [1.807, 2.05) is 23.1 Å². The van der Waals surface area contributed by atoms with Gasteiger partial charge < -0.3 is 19.7 Å². The van der Waals surface area contributed by atoms with Crippen molar-refractivity contribution in [2.75, 3.05) is 25.2 Å². The van der Waals surface area contributed by atoms with Crippen LogP contribution in [-0.4, -0.2) is 46.8 Å². The molecule has 1 unspecified atom stereocenters. The summed E-state index contributed by atoms with van der Waals surface area (Å²) in [6.07, 6.45) is 3.65. The summed E-state index contributed by atoms with van der Waals surface area (Å²) in [6.45, 7) is 12.1. The van der Waals surface area contributed by atoms with Gasteiger partial charge in [0.2, 0.25) is 23.7 Å². The third-order valence-electron chi connectivity index (χ3n) is 5.52. The van der Waals surface area contributed by atoms with Crippen LogP contribution >= 0.6 is 11.3 Å². The quantitative estimate of drug-likeness (QED) is 0.458. The molecule has 2 heterocycles. The smallest absolute Gasteiger partial charge is 0.231 e. The molecule has 1 aromatic carbocycles. The highest BCUT2D eigenvalue weighted by molar-refractivity contribution is 7.18. The van der Waals surface area contributed by atoms with Gasteiger partial charge >= 0.3 is 0 Å². The Morgan fingerprint density at radius 3 is 2.68 bits per heavy atom. The number of carbonyl (C=O) groups is 2. The SMILES string of the molecule is CCCCN(CCC(=O)Nc1nnc(-c2ccc3c(c2)OCO3)s1)C(=O)CC(C)CC(C)(C)C. The average molecular weight is 489 g/mol. The van der Waals surface area contributed by atoms with Crippen LogP contribution in [0.3, 0.4) is 0 Å². The number of benzene rings is 1. The molecule has 0 bridgehead atoms. The Kier molecular flexibility index (Phi) is 8.88. The van der Waals surface area contributed by atoms with Crippen LogP contribution in [-0.2, 0) is 9.59 Å². The molecular formula is C25H36N4O4S. The second-order valence-corrected chi connectivity index (χ2v) is 11.1. The topological polar surface area (TPSA) is 93.7 Å². The molecule has 1 aliphatic rings. The highest BCUT2D eigenvalue weighted by Gasteiger charge is 2.22. The lowest BCUT2D eigenvalue weighted by Crippen LogP contribution is -2.35. The predicted molar refractivity (Wildman–Crippen MR) is 134 cm³/mol. The fourth-order valence-corrected chi connectivity index (χ4v) is 4.85. The Balaban J connectivity index is 1.53. The molecule has 1 N–H and O–H groups in total. The summed E-state index contributed by atoms with van der Waals surface area (Å²) in [5.74, 6) is 1.63. The van der Waals surface area contributed by atoms with E-state index in [-0.39, 0.29) is 30.4 Å². The second kappa shape index (κ2) is 11.6. The van der Waals surface area contributed by atoms with Crippen molar-refractivity contribution in [2.24, 2.45) is 11.3 Å². The van der Waals surface area contributed by atoms with Gasteiger partial charge in [-0.05, 0) is 42.4 Å². The molecule has 0 radical (unpaired) electrons. The van der Waals surface area contributed by atoms with E-state index in [1.165, 1.54) is 11.3 Å². The Hall–Kier alpha value is -2.68. The number of fused-ring (bicyclic) bond motifs is 1. The van der Waals surface area contributed by atoms with Crippen molar-refractivity contribution >= 4 is 28.3 Å². The van der Waals surface area contributed by atoms with Gasteiger partial charge in [0.25, 0.3) is 0 Å². The number of carbonyl (C=O) groups excluding carboxylic acids is 2. The number of anilines is 1. The molecule has 2 amide bonds. The third kappa shape index (κ3) is 7.68. The summed E-state index contributed by atoms with van der Waals surface area (Å²) < 4.78 is 10.8. The van der Waals surface area contributed by atoms with E-state index in [2.05, 4.69) is 50.1 Å². The van der Waals surface area contributed by atoms with Gasteiger partial charge in [0, 0.05) is 31.5 Å². The number of unbranched alkanes of at least 4 members (excludes halogenated alkanes) is 1. The van der Waals surface area contributed by atoms with Crippen LogP contribution < -0.4 is 14.8 Å². The highest BCUT2D eigenvalue weighted by atomic mass is 32.1. The first-order valence-electron chi connectivity index (χ1n) is 12.0. The number of ether oxygens (including phenoxy) is 2. The Labute approximate surface area is 206 Å². The molecule has 8 nitrogen and oxygen atoms in total. The van der Waals surface area contributed by atoms with E-state index in [1.54, 1.807) is 0 Å². The summed E-state index contributed by atoms with van der Waals surface area (Å²) in [6, 6.07) is 5.57. The Morgan fingerprint density at radius 1 is 1.18 bits per heavy atom. The van der Waals surface area contributed by atoms with E-state index in [9.17, 15) is 9.59 Å². The summed E-state index contributed by atoms with van der Waals surface area (Å²) in [7, 11) is 0. The zero-order valence-corrected chi connectivity index (χ0v) is 21.7. The standard InChI is InChI=1S/C25H36N4O4S/c1-6-7-11-29(22(31)13-17(2)15-25(3,4)5)12-10-21(30)26-24-28-27-23(34-24)18-8-9-19-20(14-18)33-16-32-19/h8-9,14,17H,6-7,10-13,15-16H2,1-5H3,(H,26,28,30). The molecular weight excluding hydrogens is 452 g/mol. The number of nitrogens with one attached hydrogen (secondary N) is 1. The van der Waals surface area contributed by atoms with E-state index in [0.29, 0.717) is 47.1 Å². The minimum absolute atomic E-state index is 0.124. The maximum absolute atomic E-state index is 12.9. The predicted octanol–water partition coefficient (Wildman–Crippen LogP) is 5.35. The van der Waals surface area contributed by atoms with Crippen LogP contribution in [0.15, 0.2) is 18.2 Å². The molecule has 1 atom stereocenters. The van der Waals surface area contributed by atoms with E-state index < -0.39 is 0 Å². The Morgan fingerprint density at radius 2 is 1.94 bits per heavy atom. The zero-order chi connectivity index (χ0) is 24.7. The minimum atomic E-state index is -0.176.